The first kappa shape index (κ1) is 20.2. The van der Waals surface area contributed by atoms with Crippen LogP contribution in [0.2, 0.25) is 0 Å². The quantitative estimate of drug-likeness (QED) is 0.725. The molecule has 2 aliphatic rings. The van der Waals surface area contributed by atoms with E-state index in [0.29, 0.717) is 19.8 Å². The molecule has 6 heteroatoms. The maximum atomic E-state index is 6.49. The van der Waals surface area contributed by atoms with Crippen molar-refractivity contribution in [1.82, 2.24) is 0 Å². The maximum absolute atomic E-state index is 6.49. The van der Waals surface area contributed by atoms with E-state index in [1.807, 2.05) is 60.7 Å². The molecule has 2 aliphatic heterocycles. The second-order valence-electron chi connectivity index (χ2n) is 7.18. The average molecular weight is 397 g/mol. The highest BCUT2D eigenvalue weighted by Crippen LogP contribution is 2.35. The molecule has 154 valence electrons. The van der Waals surface area contributed by atoms with E-state index in [1.54, 1.807) is 6.08 Å². The van der Waals surface area contributed by atoms with E-state index in [4.69, 9.17) is 29.4 Å². The SMILES string of the molecule is C=CCO[C@H]1O[C@@H]2COC(c3ccccc3)O[C@H]2[C@H](OCc2ccccc2)[C@H]1N. The summed E-state index contributed by atoms with van der Waals surface area (Å²) in [6.45, 7) is 4.83. The van der Waals surface area contributed by atoms with Gasteiger partial charge >= 0.3 is 0 Å². The van der Waals surface area contributed by atoms with E-state index in [0.717, 1.165) is 11.1 Å². The summed E-state index contributed by atoms with van der Waals surface area (Å²) >= 11 is 0. The lowest BCUT2D eigenvalue weighted by molar-refractivity contribution is -0.346. The molecular weight excluding hydrogens is 370 g/mol. The molecular formula is C23H27NO5. The van der Waals surface area contributed by atoms with Crippen LogP contribution in [-0.4, -0.2) is 43.9 Å². The zero-order valence-electron chi connectivity index (χ0n) is 16.3. The zero-order chi connectivity index (χ0) is 20.1. The van der Waals surface area contributed by atoms with Crippen LogP contribution in [0.1, 0.15) is 17.4 Å². The fraction of sp³-hybridized carbons (Fsp3) is 0.391. The number of fused-ring (bicyclic) bond motifs is 1. The third-order valence-electron chi connectivity index (χ3n) is 5.12. The lowest BCUT2D eigenvalue weighted by Crippen LogP contribution is -2.65. The Labute approximate surface area is 171 Å². The number of hydrogen-bond acceptors (Lipinski definition) is 6. The second kappa shape index (κ2) is 9.63. The molecule has 6 atom stereocenters. The normalized spacial score (nSPS) is 31.8. The van der Waals surface area contributed by atoms with Crippen molar-refractivity contribution in [2.24, 2.45) is 5.73 Å². The van der Waals surface area contributed by atoms with Crippen LogP contribution in [0.15, 0.2) is 73.3 Å². The highest BCUT2D eigenvalue weighted by molar-refractivity contribution is 5.17. The summed E-state index contributed by atoms with van der Waals surface area (Å²) in [5.41, 5.74) is 8.51. The highest BCUT2D eigenvalue weighted by atomic mass is 16.7. The van der Waals surface area contributed by atoms with Crippen molar-refractivity contribution in [3.05, 3.63) is 84.4 Å². The Bertz CT molecular complexity index is 771. The molecule has 0 aliphatic carbocycles. The van der Waals surface area contributed by atoms with Gasteiger partial charge in [-0.3, -0.25) is 0 Å². The molecule has 2 aromatic rings. The third-order valence-corrected chi connectivity index (χ3v) is 5.12. The Hall–Kier alpha value is -2.06. The fourth-order valence-corrected chi connectivity index (χ4v) is 3.66. The number of benzene rings is 2. The number of nitrogens with two attached hydrogens (primary N) is 1. The summed E-state index contributed by atoms with van der Waals surface area (Å²) in [4.78, 5) is 0. The molecule has 0 amide bonds. The van der Waals surface area contributed by atoms with Crippen molar-refractivity contribution in [2.75, 3.05) is 13.2 Å². The second-order valence-corrected chi connectivity index (χ2v) is 7.18. The minimum absolute atomic E-state index is 0.328. The van der Waals surface area contributed by atoms with Crippen LogP contribution in [-0.2, 0) is 30.3 Å². The topological polar surface area (TPSA) is 72.2 Å². The summed E-state index contributed by atoms with van der Waals surface area (Å²) in [5, 5.41) is 0. The largest absolute Gasteiger partial charge is 0.369 e. The Morgan fingerprint density at radius 2 is 1.72 bits per heavy atom. The first-order valence-electron chi connectivity index (χ1n) is 9.87. The van der Waals surface area contributed by atoms with E-state index >= 15 is 0 Å². The molecule has 6 nitrogen and oxygen atoms in total. The van der Waals surface area contributed by atoms with E-state index < -0.39 is 24.7 Å². The van der Waals surface area contributed by atoms with Crippen LogP contribution in [0.3, 0.4) is 0 Å². The summed E-state index contributed by atoms with van der Waals surface area (Å²) in [6.07, 6.45) is -0.529. The Kier molecular flexibility index (Phi) is 6.71. The van der Waals surface area contributed by atoms with E-state index in [-0.39, 0.29) is 12.2 Å². The molecule has 0 saturated carbocycles. The third kappa shape index (κ3) is 4.75. The summed E-state index contributed by atoms with van der Waals surface area (Å²) in [5.74, 6) is 0. The predicted molar refractivity (Wildman–Crippen MR) is 108 cm³/mol. The molecule has 2 fully saturated rings. The highest BCUT2D eigenvalue weighted by Gasteiger charge is 2.49. The molecule has 0 aromatic heterocycles. The molecule has 1 unspecified atom stereocenters. The Morgan fingerprint density at radius 1 is 1.00 bits per heavy atom. The smallest absolute Gasteiger partial charge is 0.184 e. The number of hydrogen-bond donors (Lipinski definition) is 1. The number of ether oxygens (including phenoxy) is 5. The standard InChI is InChI=1S/C23H27NO5/c1-2-13-25-23-19(24)21(26-14-16-9-5-3-6-10-16)20-18(28-23)15-27-22(29-20)17-11-7-4-8-12-17/h2-12,18-23H,1,13-15,24H2/t18-,19-,20-,21-,22?,23+/m1/s1. The van der Waals surface area contributed by atoms with Gasteiger partial charge in [0.15, 0.2) is 12.6 Å². The van der Waals surface area contributed by atoms with Gasteiger partial charge in [0.05, 0.1) is 25.9 Å². The van der Waals surface area contributed by atoms with Crippen molar-refractivity contribution < 1.29 is 23.7 Å². The van der Waals surface area contributed by atoms with E-state index in [9.17, 15) is 0 Å². The van der Waals surface area contributed by atoms with Crippen molar-refractivity contribution in [3.8, 4) is 0 Å². The van der Waals surface area contributed by atoms with Gasteiger partial charge in [0.2, 0.25) is 0 Å². The van der Waals surface area contributed by atoms with Crippen molar-refractivity contribution in [3.63, 3.8) is 0 Å². The molecule has 0 bridgehead atoms. The molecule has 2 N–H and O–H groups in total. The van der Waals surface area contributed by atoms with E-state index in [2.05, 4.69) is 6.58 Å². The molecule has 2 heterocycles. The predicted octanol–water partition coefficient (Wildman–Crippen LogP) is 2.94. The van der Waals surface area contributed by atoms with Crippen LogP contribution in [0.25, 0.3) is 0 Å². The molecule has 2 aromatic carbocycles. The van der Waals surface area contributed by atoms with Crippen molar-refractivity contribution in [1.29, 1.82) is 0 Å². The van der Waals surface area contributed by atoms with Gasteiger partial charge in [0.25, 0.3) is 0 Å². The number of rotatable bonds is 7. The van der Waals surface area contributed by atoms with Crippen LogP contribution in [0.5, 0.6) is 0 Å². The van der Waals surface area contributed by atoms with Gasteiger partial charge < -0.3 is 29.4 Å². The summed E-state index contributed by atoms with van der Waals surface area (Å²) < 4.78 is 30.2. The minimum Gasteiger partial charge on any atom is -0.369 e. The lowest BCUT2D eigenvalue weighted by Gasteiger charge is -2.48. The molecule has 2 saturated heterocycles. The van der Waals surface area contributed by atoms with Crippen LogP contribution < -0.4 is 5.73 Å². The van der Waals surface area contributed by atoms with Gasteiger partial charge in [-0.2, -0.15) is 0 Å². The van der Waals surface area contributed by atoms with Gasteiger partial charge in [-0.15, -0.1) is 6.58 Å². The van der Waals surface area contributed by atoms with Crippen molar-refractivity contribution in [2.45, 2.75) is 43.5 Å². The zero-order valence-corrected chi connectivity index (χ0v) is 16.3. The maximum Gasteiger partial charge on any atom is 0.184 e. The van der Waals surface area contributed by atoms with Gasteiger partial charge in [-0.1, -0.05) is 66.7 Å². The molecule has 0 radical (unpaired) electrons. The van der Waals surface area contributed by atoms with Crippen LogP contribution >= 0.6 is 0 Å². The summed E-state index contributed by atoms with van der Waals surface area (Å²) in [6, 6.07) is 19.3. The van der Waals surface area contributed by atoms with Gasteiger partial charge in [0, 0.05) is 5.56 Å². The lowest BCUT2D eigenvalue weighted by atomic mass is 9.96. The first-order chi connectivity index (χ1) is 14.3. The minimum atomic E-state index is -0.615. The van der Waals surface area contributed by atoms with E-state index in [1.165, 1.54) is 0 Å². The van der Waals surface area contributed by atoms with Gasteiger partial charge in [0.1, 0.15) is 18.3 Å². The summed E-state index contributed by atoms with van der Waals surface area (Å²) in [7, 11) is 0. The van der Waals surface area contributed by atoms with Crippen LogP contribution in [0, 0.1) is 0 Å². The van der Waals surface area contributed by atoms with Gasteiger partial charge in [-0.05, 0) is 5.56 Å². The monoisotopic (exact) mass is 397 g/mol. The van der Waals surface area contributed by atoms with Gasteiger partial charge in [-0.25, -0.2) is 0 Å². The molecule has 0 spiro atoms. The molecule has 29 heavy (non-hydrogen) atoms. The Morgan fingerprint density at radius 3 is 2.45 bits per heavy atom. The average Bonchev–Trinajstić information content (AvgIpc) is 2.78. The van der Waals surface area contributed by atoms with Crippen LogP contribution in [0.4, 0.5) is 0 Å². The first-order valence-corrected chi connectivity index (χ1v) is 9.87. The Balaban J connectivity index is 1.51. The fourth-order valence-electron chi connectivity index (χ4n) is 3.66. The molecule has 4 rings (SSSR count). The van der Waals surface area contributed by atoms with Crippen molar-refractivity contribution >= 4 is 0 Å².